The summed E-state index contributed by atoms with van der Waals surface area (Å²) in [5, 5.41) is 0. The summed E-state index contributed by atoms with van der Waals surface area (Å²) in [4.78, 5) is 37.9. The third kappa shape index (κ3) is 47.5. The molecule has 0 aliphatic carbocycles. The SMILES string of the molecule is CCCCCCCCCCCCCCCCCCCCC(=O)O[C@H](COC(=O)CCCCCCCCCCCCCCCC)COC(=O)CCCCCCCCCC(C)C. The Morgan fingerprint density at radius 1 is 0.317 bits per heavy atom. The number of unbranched alkanes of at least 4 members (excludes halogenated alkanes) is 36. The molecule has 0 aromatic heterocycles. The second kappa shape index (κ2) is 48.4. The Morgan fingerprint density at radius 3 is 0.817 bits per heavy atom. The van der Waals surface area contributed by atoms with Gasteiger partial charge in [-0.15, -0.1) is 0 Å². The minimum atomic E-state index is -0.761. The number of esters is 3. The van der Waals surface area contributed by atoms with Crippen LogP contribution in [0.5, 0.6) is 0 Å². The maximum Gasteiger partial charge on any atom is 0.306 e. The standard InChI is InChI=1S/C54H104O6/c1-5-7-9-11-13-15-17-19-21-22-23-24-26-28-30-34-39-43-47-54(57)60-51(49-59-53(56)46-42-38-35-31-32-36-40-44-50(3)4)48-58-52(55)45-41-37-33-29-27-25-20-18-16-14-12-10-8-6-2/h50-51H,5-49H2,1-4H3/t51-/m1/s1. The molecule has 0 unspecified atom stereocenters. The normalized spacial score (nSPS) is 11.9. The predicted molar refractivity (Wildman–Crippen MR) is 257 cm³/mol. The lowest BCUT2D eigenvalue weighted by atomic mass is 10.0. The molecule has 1 atom stereocenters. The Bertz CT molecular complexity index is 903. The Kier molecular flexibility index (Phi) is 47.2. The number of carbonyl (C=O) groups excluding carboxylic acids is 3. The summed E-state index contributed by atoms with van der Waals surface area (Å²) in [6.07, 6.45) is 51.0. The first-order valence-corrected chi connectivity index (χ1v) is 26.9. The second-order valence-corrected chi connectivity index (χ2v) is 19.0. The summed E-state index contributed by atoms with van der Waals surface area (Å²) in [6, 6.07) is 0. The van der Waals surface area contributed by atoms with Crippen molar-refractivity contribution in [3.8, 4) is 0 Å². The number of hydrogen-bond donors (Lipinski definition) is 0. The zero-order valence-electron chi connectivity index (χ0n) is 40.9. The van der Waals surface area contributed by atoms with Crippen molar-refractivity contribution in [2.75, 3.05) is 13.2 Å². The summed E-state index contributed by atoms with van der Waals surface area (Å²) in [5.74, 6) is -0.0633. The van der Waals surface area contributed by atoms with Gasteiger partial charge in [0.25, 0.3) is 0 Å². The molecule has 0 rings (SSSR count). The fraction of sp³-hybridized carbons (Fsp3) is 0.944. The van der Waals surface area contributed by atoms with Gasteiger partial charge in [0.15, 0.2) is 6.10 Å². The van der Waals surface area contributed by atoms with Crippen LogP contribution >= 0.6 is 0 Å². The van der Waals surface area contributed by atoms with Crippen molar-refractivity contribution in [2.24, 2.45) is 5.92 Å². The highest BCUT2D eigenvalue weighted by molar-refractivity contribution is 5.71. The molecule has 0 bridgehead atoms. The molecule has 0 spiro atoms. The molecule has 0 N–H and O–H groups in total. The molecule has 6 heteroatoms. The third-order valence-electron chi connectivity index (χ3n) is 12.3. The highest BCUT2D eigenvalue weighted by Crippen LogP contribution is 2.17. The van der Waals surface area contributed by atoms with Crippen molar-refractivity contribution in [1.82, 2.24) is 0 Å². The second-order valence-electron chi connectivity index (χ2n) is 19.0. The van der Waals surface area contributed by atoms with E-state index in [4.69, 9.17) is 14.2 Å². The average molecular weight is 849 g/mol. The Labute approximate surface area is 374 Å². The molecule has 0 saturated heterocycles. The maximum absolute atomic E-state index is 12.8. The van der Waals surface area contributed by atoms with E-state index in [0.717, 1.165) is 63.7 Å². The fourth-order valence-corrected chi connectivity index (χ4v) is 8.22. The molecular formula is C54H104O6. The molecule has 0 saturated carbocycles. The van der Waals surface area contributed by atoms with Gasteiger partial charge in [0.05, 0.1) is 0 Å². The fourth-order valence-electron chi connectivity index (χ4n) is 8.22. The van der Waals surface area contributed by atoms with E-state index in [-0.39, 0.29) is 31.1 Å². The van der Waals surface area contributed by atoms with E-state index in [2.05, 4.69) is 27.7 Å². The lowest BCUT2D eigenvalue weighted by molar-refractivity contribution is -0.167. The zero-order chi connectivity index (χ0) is 43.8. The molecular weight excluding hydrogens is 745 g/mol. The summed E-state index contributed by atoms with van der Waals surface area (Å²) >= 11 is 0. The topological polar surface area (TPSA) is 78.9 Å². The highest BCUT2D eigenvalue weighted by atomic mass is 16.6. The van der Waals surface area contributed by atoms with Crippen molar-refractivity contribution < 1.29 is 28.6 Å². The molecule has 0 amide bonds. The van der Waals surface area contributed by atoms with Gasteiger partial charge in [-0.25, -0.2) is 0 Å². The molecule has 0 fully saturated rings. The van der Waals surface area contributed by atoms with Gasteiger partial charge in [-0.05, 0) is 25.2 Å². The van der Waals surface area contributed by atoms with Crippen molar-refractivity contribution in [3.05, 3.63) is 0 Å². The van der Waals surface area contributed by atoms with Crippen LogP contribution in [0.3, 0.4) is 0 Å². The van der Waals surface area contributed by atoms with Gasteiger partial charge in [0.1, 0.15) is 13.2 Å². The summed E-state index contributed by atoms with van der Waals surface area (Å²) in [5.41, 5.74) is 0. The Hall–Kier alpha value is -1.59. The largest absolute Gasteiger partial charge is 0.462 e. The predicted octanol–water partition coefficient (Wildman–Crippen LogP) is 17.5. The van der Waals surface area contributed by atoms with E-state index < -0.39 is 6.10 Å². The van der Waals surface area contributed by atoms with Gasteiger partial charge >= 0.3 is 17.9 Å². The first-order valence-electron chi connectivity index (χ1n) is 26.9. The molecule has 0 heterocycles. The maximum atomic E-state index is 12.8. The van der Waals surface area contributed by atoms with Gasteiger partial charge < -0.3 is 14.2 Å². The van der Waals surface area contributed by atoms with Crippen LogP contribution in [0.25, 0.3) is 0 Å². The average Bonchev–Trinajstić information content (AvgIpc) is 3.23. The minimum Gasteiger partial charge on any atom is -0.462 e. The zero-order valence-corrected chi connectivity index (χ0v) is 40.9. The van der Waals surface area contributed by atoms with E-state index in [9.17, 15) is 14.4 Å². The van der Waals surface area contributed by atoms with E-state index in [1.54, 1.807) is 0 Å². The van der Waals surface area contributed by atoms with E-state index in [1.165, 1.54) is 199 Å². The number of rotatable bonds is 49. The Balaban J connectivity index is 4.26. The van der Waals surface area contributed by atoms with Crippen LogP contribution in [0.1, 0.15) is 304 Å². The summed E-state index contributed by atoms with van der Waals surface area (Å²) in [6.45, 7) is 8.99. The van der Waals surface area contributed by atoms with Crippen LogP contribution in [-0.4, -0.2) is 37.2 Å². The van der Waals surface area contributed by atoms with Crippen LogP contribution in [0.4, 0.5) is 0 Å². The smallest absolute Gasteiger partial charge is 0.306 e. The van der Waals surface area contributed by atoms with Crippen molar-refractivity contribution in [2.45, 2.75) is 310 Å². The number of carbonyl (C=O) groups is 3. The molecule has 6 nitrogen and oxygen atoms in total. The molecule has 60 heavy (non-hydrogen) atoms. The lowest BCUT2D eigenvalue weighted by Gasteiger charge is -2.18. The van der Waals surface area contributed by atoms with Gasteiger partial charge in [-0.3, -0.25) is 14.4 Å². The molecule has 0 aliphatic rings. The molecule has 0 aliphatic heterocycles. The number of ether oxygens (including phenoxy) is 3. The minimum absolute atomic E-state index is 0.0631. The Morgan fingerprint density at radius 2 is 0.550 bits per heavy atom. The van der Waals surface area contributed by atoms with Gasteiger partial charge in [0, 0.05) is 19.3 Å². The van der Waals surface area contributed by atoms with Crippen LogP contribution in [-0.2, 0) is 28.6 Å². The quantitative estimate of drug-likeness (QED) is 0.0345. The first kappa shape index (κ1) is 58.4. The van der Waals surface area contributed by atoms with Crippen molar-refractivity contribution >= 4 is 17.9 Å². The highest BCUT2D eigenvalue weighted by Gasteiger charge is 2.19. The number of hydrogen-bond acceptors (Lipinski definition) is 6. The molecule has 0 aromatic carbocycles. The van der Waals surface area contributed by atoms with E-state index in [0.29, 0.717) is 19.3 Å². The summed E-state index contributed by atoms with van der Waals surface area (Å²) < 4.78 is 16.8. The van der Waals surface area contributed by atoms with Gasteiger partial charge in [-0.1, -0.05) is 265 Å². The lowest BCUT2D eigenvalue weighted by Crippen LogP contribution is -2.30. The van der Waals surface area contributed by atoms with Crippen molar-refractivity contribution in [1.29, 1.82) is 0 Å². The summed E-state index contributed by atoms with van der Waals surface area (Å²) in [7, 11) is 0. The first-order chi connectivity index (χ1) is 29.4. The molecule has 356 valence electrons. The third-order valence-corrected chi connectivity index (χ3v) is 12.3. The monoisotopic (exact) mass is 849 g/mol. The van der Waals surface area contributed by atoms with Crippen LogP contribution in [0.2, 0.25) is 0 Å². The molecule has 0 aromatic rings. The van der Waals surface area contributed by atoms with E-state index in [1.807, 2.05) is 0 Å². The molecule has 0 radical (unpaired) electrons. The van der Waals surface area contributed by atoms with Crippen LogP contribution < -0.4 is 0 Å². The van der Waals surface area contributed by atoms with Gasteiger partial charge in [-0.2, -0.15) is 0 Å². The van der Waals surface area contributed by atoms with E-state index >= 15 is 0 Å². The van der Waals surface area contributed by atoms with Gasteiger partial charge in [0.2, 0.25) is 0 Å². The van der Waals surface area contributed by atoms with Crippen molar-refractivity contribution in [3.63, 3.8) is 0 Å². The van der Waals surface area contributed by atoms with Crippen LogP contribution in [0.15, 0.2) is 0 Å². The van der Waals surface area contributed by atoms with Crippen LogP contribution in [0, 0.1) is 5.92 Å².